The Hall–Kier alpha value is -2.14. The fourth-order valence-corrected chi connectivity index (χ4v) is 3.91. The summed E-state index contributed by atoms with van der Waals surface area (Å²) in [6, 6.07) is 5.96. The largest absolute Gasteiger partial charge is 0.477 e. The van der Waals surface area contributed by atoms with Gasteiger partial charge in [-0.15, -0.1) is 11.3 Å². The van der Waals surface area contributed by atoms with E-state index in [1.165, 1.54) is 30.5 Å². The van der Waals surface area contributed by atoms with Gasteiger partial charge >= 0.3 is 5.97 Å². The van der Waals surface area contributed by atoms with Crippen molar-refractivity contribution in [2.24, 2.45) is 0 Å². The first-order chi connectivity index (χ1) is 10.1. The van der Waals surface area contributed by atoms with Crippen molar-refractivity contribution in [1.29, 1.82) is 0 Å². The average molecular weight is 301 g/mol. The third-order valence-electron chi connectivity index (χ3n) is 3.91. The van der Waals surface area contributed by atoms with E-state index in [9.17, 15) is 14.3 Å². The van der Waals surface area contributed by atoms with E-state index in [1.807, 2.05) is 0 Å². The highest BCUT2D eigenvalue weighted by Gasteiger charge is 2.29. The number of rotatable bonds is 3. The summed E-state index contributed by atoms with van der Waals surface area (Å²) in [5, 5.41) is 11.6. The predicted molar refractivity (Wildman–Crippen MR) is 80.5 cm³/mol. The van der Waals surface area contributed by atoms with Crippen LogP contribution in [0.3, 0.4) is 0 Å². The summed E-state index contributed by atoms with van der Waals surface area (Å²) in [7, 11) is 0. The van der Waals surface area contributed by atoms with Crippen LogP contribution in [0.1, 0.15) is 34.8 Å². The minimum absolute atomic E-state index is 0.186. The van der Waals surface area contributed by atoms with Crippen LogP contribution in [0.2, 0.25) is 0 Å². The molecule has 0 bridgehead atoms. The number of nitrogens with one attached hydrogen (secondary N) is 1. The molecule has 2 N–H and O–H groups in total. The van der Waals surface area contributed by atoms with Crippen LogP contribution in [0.25, 0.3) is 21.3 Å². The minimum Gasteiger partial charge on any atom is -0.477 e. The molecule has 0 radical (unpaired) electrons. The highest BCUT2D eigenvalue weighted by Crippen LogP contribution is 2.47. The first kappa shape index (κ1) is 12.6. The smallest absolute Gasteiger partial charge is 0.353 e. The molecule has 2 heterocycles. The summed E-state index contributed by atoms with van der Waals surface area (Å²) in [5.74, 6) is -0.758. The molecular formula is C16H12FNO2S. The maximum absolute atomic E-state index is 13.1. The lowest BCUT2D eigenvalue weighted by molar-refractivity contribution is 0.0692. The number of carboxylic acids is 1. The van der Waals surface area contributed by atoms with E-state index in [0.29, 0.717) is 11.5 Å². The van der Waals surface area contributed by atoms with Crippen LogP contribution >= 0.6 is 11.3 Å². The fraction of sp³-hybridized carbons (Fsp3) is 0.188. The second-order valence-corrected chi connectivity index (χ2v) is 6.24. The van der Waals surface area contributed by atoms with Gasteiger partial charge < -0.3 is 10.1 Å². The Morgan fingerprint density at radius 3 is 2.62 bits per heavy atom. The number of thiophene rings is 1. The summed E-state index contributed by atoms with van der Waals surface area (Å²) < 4.78 is 14.0. The Labute approximate surface area is 124 Å². The number of carboxylic acid groups (broad SMARTS) is 1. The topological polar surface area (TPSA) is 53.1 Å². The van der Waals surface area contributed by atoms with Gasteiger partial charge in [-0.1, -0.05) is 12.1 Å². The van der Waals surface area contributed by atoms with Crippen molar-refractivity contribution in [1.82, 2.24) is 4.98 Å². The zero-order chi connectivity index (χ0) is 14.6. The average Bonchev–Trinajstić information content (AvgIpc) is 3.10. The Morgan fingerprint density at radius 1 is 1.29 bits per heavy atom. The lowest BCUT2D eigenvalue weighted by Gasteiger charge is -2.01. The Bertz CT molecular complexity index is 843. The number of halogens is 1. The molecular weight excluding hydrogens is 289 g/mol. The number of fused-ring (bicyclic) bond motifs is 1. The molecule has 1 aromatic carbocycles. The number of hydrogen-bond acceptors (Lipinski definition) is 2. The van der Waals surface area contributed by atoms with Crippen LogP contribution in [0.4, 0.5) is 4.39 Å². The molecule has 0 saturated heterocycles. The first-order valence-electron chi connectivity index (χ1n) is 6.77. The van der Waals surface area contributed by atoms with E-state index in [1.54, 1.807) is 23.5 Å². The second-order valence-electron chi connectivity index (χ2n) is 5.36. The monoisotopic (exact) mass is 301 g/mol. The molecule has 0 aliphatic heterocycles. The van der Waals surface area contributed by atoms with Crippen LogP contribution in [-0.4, -0.2) is 16.1 Å². The van der Waals surface area contributed by atoms with Crippen LogP contribution in [0.5, 0.6) is 0 Å². The van der Waals surface area contributed by atoms with Crippen molar-refractivity contribution in [3.8, 4) is 11.1 Å². The highest BCUT2D eigenvalue weighted by molar-refractivity contribution is 7.18. The van der Waals surface area contributed by atoms with Crippen molar-refractivity contribution in [2.75, 3.05) is 0 Å². The van der Waals surface area contributed by atoms with Crippen molar-refractivity contribution >= 4 is 27.5 Å². The molecule has 1 aliphatic carbocycles. The van der Waals surface area contributed by atoms with Crippen molar-refractivity contribution in [3.63, 3.8) is 0 Å². The number of benzene rings is 1. The Balaban J connectivity index is 1.98. The molecule has 5 heteroatoms. The number of aromatic nitrogens is 1. The van der Waals surface area contributed by atoms with Crippen LogP contribution < -0.4 is 0 Å². The van der Waals surface area contributed by atoms with E-state index < -0.39 is 5.97 Å². The maximum Gasteiger partial charge on any atom is 0.353 e. The summed E-state index contributed by atoms with van der Waals surface area (Å²) in [4.78, 5) is 14.6. The third kappa shape index (κ3) is 1.96. The van der Waals surface area contributed by atoms with Gasteiger partial charge in [0.05, 0.1) is 10.2 Å². The Morgan fingerprint density at radius 2 is 2.00 bits per heavy atom. The van der Waals surface area contributed by atoms with E-state index in [4.69, 9.17) is 0 Å². The number of carbonyl (C=O) groups is 1. The van der Waals surface area contributed by atoms with Crippen molar-refractivity contribution < 1.29 is 14.3 Å². The predicted octanol–water partition coefficient (Wildman–Crippen LogP) is 4.61. The van der Waals surface area contributed by atoms with Crippen LogP contribution in [0, 0.1) is 5.82 Å². The molecule has 1 saturated carbocycles. The summed E-state index contributed by atoms with van der Waals surface area (Å²) in [5.41, 5.74) is 3.72. The molecule has 0 amide bonds. The molecule has 106 valence electrons. The van der Waals surface area contributed by atoms with Crippen LogP contribution in [-0.2, 0) is 0 Å². The number of aromatic carboxylic acids is 1. The lowest BCUT2D eigenvalue weighted by atomic mass is 10.1. The second kappa shape index (κ2) is 4.43. The lowest BCUT2D eigenvalue weighted by Crippen LogP contribution is -1.99. The third-order valence-corrected chi connectivity index (χ3v) is 4.93. The Kier molecular flexibility index (Phi) is 2.65. The zero-order valence-electron chi connectivity index (χ0n) is 11.0. The van der Waals surface area contributed by atoms with Gasteiger partial charge in [0, 0.05) is 5.56 Å². The van der Waals surface area contributed by atoms with Gasteiger partial charge in [-0.05, 0) is 47.4 Å². The van der Waals surface area contributed by atoms with Gasteiger partial charge in [0.15, 0.2) is 0 Å². The van der Waals surface area contributed by atoms with Crippen molar-refractivity contribution in [3.05, 3.63) is 46.7 Å². The van der Waals surface area contributed by atoms with Gasteiger partial charge in [0.25, 0.3) is 0 Å². The number of aromatic amines is 1. The quantitative estimate of drug-likeness (QED) is 0.742. The number of hydrogen-bond donors (Lipinski definition) is 2. The normalized spacial score (nSPS) is 14.7. The van der Waals surface area contributed by atoms with E-state index in [-0.39, 0.29) is 11.5 Å². The molecule has 4 rings (SSSR count). The summed E-state index contributed by atoms with van der Waals surface area (Å²) in [6.07, 6.45) is 2.33. The summed E-state index contributed by atoms with van der Waals surface area (Å²) in [6.45, 7) is 0. The molecule has 1 fully saturated rings. The van der Waals surface area contributed by atoms with Gasteiger partial charge in [-0.2, -0.15) is 0 Å². The van der Waals surface area contributed by atoms with Gasteiger partial charge in [0.2, 0.25) is 0 Å². The molecule has 1 aliphatic rings. The van der Waals surface area contributed by atoms with E-state index >= 15 is 0 Å². The highest BCUT2D eigenvalue weighted by atomic mass is 32.1. The molecule has 3 nitrogen and oxygen atoms in total. The van der Waals surface area contributed by atoms with Gasteiger partial charge in [-0.3, -0.25) is 0 Å². The molecule has 21 heavy (non-hydrogen) atoms. The van der Waals surface area contributed by atoms with E-state index in [0.717, 1.165) is 15.8 Å². The minimum atomic E-state index is -0.987. The molecule has 0 spiro atoms. The zero-order valence-corrected chi connectivity index (χ0v) is 11.8. The summed E-state index contributed by atoms with van der Waals surface area (Å²) >= 11 is 1.56. The van der Waals surface area contributed by atoms with Gasteiger partial charge in [0.1, 0.15) is 11.5 Å². The number of H-pyrrole nitrogens is 1. The molecule has 2 aromatic heterocycles. The first-order valence-corrected chi connectivity index (χ1v) is 7.65. The van der Waals surface area contributed by atoms with Crippen molar-refractivity contribution in [2.45, 2.75) is 18.8 Å². The fourth-order valence-electron chi connectivity index (χ4n) is 2.73. The standard InChI is InChI=1S/C16H12FNO2S/c17-10-5-3-9(4-6-10)12-14(16(19)20)18-13-11(8-1-2-8)7-21-15(12)13/h3-8,18H,1-2H2,(H,19,20). The molecule has 3 aromatic rings. The van der Waals surface area contributed by atoms with Crippen LogP contribution in [0.15, 0.2) is 29.6 Å². The molecule has 0 atom stereocenters. The molecule has 0 unspecified atom stereocenters. The van der Waals surface area contributed by atoms with Gasteiger partial charge in [-0.25, -0.2) is 9.18 Å². The SMILES string of the molecule is O=C(O)c1[nH]c2c(C3CC3)csc2c1-c1ccc(F)cc1. The maximum atomic E-state index is 13.1. The van der Waals surface area contributed by atoms with E-state index in [2.05, 4.69) is 10.4 Å².